The average Bonchev–Trinajstić information content (AvgIpc) is 3.69. The molecule has 8 aromatic rings. The lowest BCUT2D eigenvalue weighted by Crippen LogP contribution is -2.54. The molecule has 3 atom stereocenters. The third-order valence-electron chi connectivity index (χ3n) is 12.9. The van der Waals surface area contributed by atoms with Gasteiger partial charge >= 0.3 is 0 Å². The van der Waals surface area contributed by atoms with Crippen LogP contribution in [0.25, 0.3) is 33.0 Å². The Labute approximate surface area is 329 Å². The van der Waals surface area contributed by atoms with Crippen LogP contribution in [0.4, 0.5) is 0 Å². The van der Waals surface area contributed by atoms with Gasteiger partial charge in [-0.15, -0.1) is 0 Å². The molecule has 0 bridgehead atoms. The van der Waals surface area contributed by atoms with Crippen molar-refractivity contribution in [3.8, 4) is 22.3 Å². The summed E-state index contributed by atoms with van der Waals surface area (Å²) in [7, 11) is 0. The Bertz CT molecular complexity index is 2730. The maximum atomic E-state index is 4.16. The van der Waals surface area contributed by atoms with Gasteiger partial charge in [-0.2, -0.15) is 0 Å². The van der Waals surface area contributed by atoms with Gasteiger partial charge in [0.1, 0.15) is 0 Å². The first-order valence-corrected chi connectivity index (χ1v) is 19.9. The van der Waals surface area contributed by atoms with Gasteiger partial charge in [0, 0.05) is 5.41 Å². The maximum Gasteiger partial charge on any atom is 0.0876 e. The number of benzene rings is 8. The van der Waals surface area contributed by atoms with Gasteiger partial charge < -0.3 is 0 Å². The number of hydrogen-bond donors (Lipinski definition) is 3. The fourth-order valence-corrected chi connectivity index (χ4v) is 10.3. The molecule has 3 nitrogen and oxygen atoms in total. The molecular formula is C53H43N3. The first-order valence-electron chi connectivity index (χ1n) is 19.9. The average molecular weight is 722 g/mol. The fraction of sp³-hybridized carbons (Fsp3) is 0.132. The van der Waals surface area contributed by atoms with Crippen molar-refractivity contribution in [2.24, 2.45) is 0 Å². The second-order valence-corrected chi connectivity index (χ2v) is 16.1. The Balaban J connectivity index is 1.12. The standard InChI is InChI=1S/C53H43N3/c1-52(2)43-28-16-15-27-42(43)47-46(52)32-35-20-12-13-25-39(35)48(47)51-55-49(34-18-6-3-7-19-34)54-50(56-51)36-30-31-41-40-26-14-17-29-44(40)53(45(41)33-36,37-21-8-4-9-22-37)38-23-10-5-11-24-38/h3-33,49-51,54-56H,1-2H3. The minimum Gasteiger partial charge on any atom is -0.279 e. The van der Waals surface area contributed by atoms with Gasteiger partial charge in [-0.1, -0.05) is 196 Å². The molecule has 3 N–H and O–H groups in total. The molecule has 3 aliphatic rings. The summed E-state index contributed by atoms with van der Waals surface area (Å²) in [5.74, 6) is 0. The van der Waals surface area contributed by atoms with E-state index in [9.17, 15) is 0 Å². The highest BCUT2D eigenvalue weighted by atomic mass is 15.4. The molecule has 3 heteroatoms. The highest BCUT2D eigenvalue weighted by molar-refractivity contribution is 5.98. The van der Waals surface area contributed by atoms with Gasteiger partial charge in [0.15, 0.2) is 0 Å². The van der Waals surface area contributed by atoms with Crippen molar-refractivity contribution in [3.05, 3.63) is 238 Å². The summed E-state index contributed by atoms with van der Waals surface area (Å²) in [6.07, 6.45) is -0.430. The van der Waals surface area contributed by atoms with E-state index >= 15 is 0 Å². The minimum atomic E-state index is -0.471. The summed E-state index contributed by atoms with van der Waals surface area (Å²) < 4.78 is 0. The topological polar surface area (TPSA) is 36.1 Å². The largest absolute Gasteiger partial charge is 0.279 e. The second-order valence-electron chi connectivity index (χ2n) is 16.1. The second kappa shape index (κ2) is 12.7. The van der Waals surface area contributed by atoms with E-state index in [4.69, 9.17) is 0 Å². The van der Waals surface area contributed by atoms with Crippen LogP contribution in [0.15, 0.2) is 188 Å². The molecular weight excluding hydrogens is 679 g/mol. The van der Waals surface area contributed by atoms with E-state index < -0.39 is 5.41 Å². The van der Waals surface area contributed by atoms with Crippen molar-refractivity contribution in [1.29, 1.82) is 0 Å². The predicted molar refractivity (Wildman–Crippen MR) is 229 cm³/mol. The molecule has 11 rings (SSSR count). The van der Waals surface area contributed by atoms with E-state index in [0.717, 1.165) is 0 Å². The highest BCUT2D eigenvalue weighted by Crippen LogP contribution is 2.57. The van der Waals surface area contributed by atoms with Crippen molar-refractivity contribution in [2.75, 3.05) is 0 Å². The molecule has 1 fully saturated rings. The molecule has 8 aromatic carbocycles. The Morgan fingerprint density at radius 1 is 0.393 bits per heavy atom. The molecule has 0 radical (unpaired) electrons. The summed E-state index contributed by atoms with van der Waals surface area (Å²) >= 11 is 0. The van der Waals surface area contributed by atoms with Crippen LogP contribution in [0, 0.1) is 0 Å². The van der Waals surface area contributed by atoms with Crippen LogP contribution in [0.2, 0.25) is 0 Å². The van der Waals surface area contributed by atoms with Crippen molar-refractivity contribution in [1.82, 2.24) is 16.0 Å². The van der Waals surface area contributed by atoms with Gasteiger partial charge in [-0.3, -0.25) is 16.0 Å². The van der Waals surface area contributed by atoms with Crippen LogP contribution in [0.3, 0.4) is 0 Å². The van der Waals surface area contributed by atoms with Crippen LogP contribution in [-0.4, -0.2) is 0 Å². The fourth-order valence-electron chi connectivity index (χ4n) is 10.3. The van der Waals surface area contributed by atoms with Gasteiger partial charge in [0.2, 0.25) is 0 Å². The van der Waals surface area contributed by atoms with Crippen molar-refractivity contribution in [2.45, 2.75) is 43.2 Å². The van der Waals surface area contributed by atoms with Crippen molar-refractivity contribution < 1.29 is 0 Å². The number of fused-ring (bicyclic) bond motifs is 7. The Hall–Kier alpha value is -6.10. The lowest BCUT2D eigenvalue weighted by Gasteiger charge is -2.41. The molecule has 1 saturated heterocycles. The van der Waals surface area contributed by atoms with Gasteiger partial charge in [0.25, 0.3) is 0 Å². The first-order chi connectivity index (χ1) is 27.5. The zero-order valence-electron chi connectivity index (χ0n) is 31.6. The van der Waals surface area contributed by atoms with E-state index in [1.54, 1.807) is 0 Å². The monoisotopic (exact) mass is 721 g/mol. The van der Waals surface area contributed by atoms with E-state index in [1.165, 1.54) is 83.1 Å². The van der Waals surface area contributed by atoms with Gasteiger partial charge in [-0.25, -0.2) is 0 Å². The molecule has 0 aromatic heterocycles. The Morgan fingerprint density at radius 2 is 0.929 bits per heavy atom. The third-order valence-corrected chi connectivity index (χ3v) is 12.9. The highest BCUT2D eigenvalue weighted by Gasteiger charge is 2.47. The number of nitrogens with one attached hydrogen (secondary N) is 3. The quantitative estimate of drug-likeness (QED) is 0.166. The van der Waals surface area contributed by atoms with Gasteiger partial charge in [0.05, 0.1) is 23.9 Å². The van der Waals surface area contributed by atoms with Crippen LogP contribution in [-0.2, 0) is 10.8 Å². The zero-order valence-corrected chi connectivity index (χ0v) is 31.6. The van der Waals surface area contributed by atoms with Crippen LogP contribution in [0.1, 0.15) is 82.4 Å². The van der Waals surface area contributed by atoms with E-state index in [1.807, 2.05) is 0 Å². The molecule has 270 valence electrons. The minimum absolute atomic E-state index is 0.106. The van der Waals surface area contributed by atoms with Crippen LogP contribution >= 0.6 is 0 Å². The SMILES string of the molecule is CC1(C)c2ccccc2-c2c1cc1ccccc1c2C1NC(c2ccccc2)NC(c2ccc3c(c2)C(c2ccccc2)(c2ccccc2)c2ccccc2-3)N1. The summed E-state index contributed by atoms with van der Waals surface area (Å²) in [4.78, 5) is 0. The smallest absolute Gasteiger partial charge is 0.0876 e. The molecule has 2 aliphatic carbocycles. The van der Waals surface area contributed by atoms with Crippen LogP contribution < -0.4 is 16.0 Å². The Morgan fingerprint density at radius 3 is 1.64 bits per heavy atom. The van der Waals surface area contributed by atoms with Crippen LogP contribution in [0.5, 0.6) is 0 Å². The molecule has 1 aliphatic heterocycles. The van der Waals surface area contributed by atoms with E-state index in [0.29, 0.717) is 0 Å². The lowest BCUT2D eigenvalue weighted by molar-refractivity contribution is 0.204. The Kier molecular flexibility index (Phi) is 7.56. The number of hydrogen-bond acceptors (Lipinski definition) is 3. The summed E-state index contributed by atoms with van der Waals surface area (Å²) in [5, 5.41) is 14.8. The molecule has 56 heavy (non-hydrogen) atoms. The normalized spacial score (nSPS) is 19.9. The summed E-state index contributed by atoms with van der Waals surface area (Å²) in [5.41, 5.74) is 16.3. The van der Waals surface area contributed by atoms with Gasteiger partial charge in [-0.05, 0) is 89.2 Å². The molecule has 0 amide bonds. The first kappa shape index (κ1) is 33.3. The summed E-state index contributed by atoms with van der Waals surface area (Å²) in [6.45, 7) is 4.76. The molecule has 1 heterocycles. The van der Waals surface area contributed by atoms with Crippen molar-refractivity contribution in [3.63, 3.8) is 0 Å². The molecule has 0 saturated carbocycles. The summed E-state index contributed by atoms with van der Waals surface area (Å²) in [6, 6.07) is 69.5. The molecule has 0 spiro atoms. The maximum absolute atomic E-state index is 4.16. The zero-order chi connectivity index (χ0) is 37.4. The number of rotatable bonds is 5. The van der Waals surface area contributed by atoms with E-state index in [2.05, 4.69) is 218 Å². The predicted octanol–water partition coefficient (Wildman–Crippen LogP) is 11.7. The third kappa shape index (κ3) is 4.82. The van der Waals surface area contributed by atoms with Crippen molar-refractivity contribution >= 4 is 10.8 Å². The van der Waals surface area contributed by atoms with E-state index in [-0.39, 0.29) is 23.9 Å². The molecule has 3 unspecified atom stereocenters. The lowest BCUT2D eigenvalue weighted by atomic mass is 9.67.